The predicted octanol–water partition coefficient (Wildman–Crippen LogP) is 6.56. The van der Waals surface area contributed by atoms with Gasteiger partial charge in [0.1, 0.15) is 39.7 Å². The summed E-state index contributed by atoms with van der Waals surface area (Å²) in [5.41, 5.74) is 9.33. The topological polar surface area (TPSA) is 93.5 Å². The Balaban J connectivity index is 1.47. The zero-order valence-corrected chi connectivity index (χ0v) is 23.1. The summed E-state index contributed by atoms with van der Waals surface area (Å²) in [6.45, 7) is 4.28. The van der Waals surface area contributed by atoms with Crippen molar-refractivity contribution < 1.29 is 14.2 Å². The van der Waals surface area contributed by atoms with E-state index in [4.69, 9.17) is 25.0 Å². The van der Waals surface area contributed by atoms with E-state index in [2.05, 4.69) is 0 Å². The fraction of sp³-hybridized carbons (Fsp3) is 0.152. The van der Waals surface area contributed by atoms with E-state index in [0.717, 1.165) is 22.4 Å². The van der Waals surface area contributed by atoms with Gasteiger partial charge in [0.2, 0.25) is 0 Å². The van der Waals surface area contributed by atoms with Gasteiger partial charge in [-0.15, -0.1) is 0 Å². The molecule has 8 nitrogen and oxygen atoms in total. The van der Waals surface area contributed by atoms with Gasteiger partial charge < -0.3 is 24.5 Å². The largest absolute Gasteiger partial charge is 0.497 e. The van der Waals surface area contributed by atoms with Crippen molar-refractivity contribution in [3.8, 4) is 28.7 Å². The number of benzene rings is 4. The van der Waals surface area contributed by atoms with E-state index in [9.17, 15) is 4.79 Å². The van der Waals surface area contributed by atoms with Crippen LogP contribution in [0.3, 0.4) is 0 Å². The molecule has 41 heavy (non-hydrogen) atoms. The van der Waals surface area contributed by atoms with Gasteiger partial charge in [-0.05, 0) is 80.1 Å². The molecule has 0 saturated carbocycles. The van der Waals surface area contributed by atoms with Gasteiger partial charge in [0.05, 0.1) is 31.0 Å². The fourth-order valence-corrected chi connectivity index (χ4v) is 4.90. The fourth-order valence-electron chi connectivity index (χ4n) is 4.90. The number of rotatable bonds is 8. The molecule has 2 heterocycles. The van der Waals surface area contributed by atoms with Crippen LogP contribution in [0.4, 0.5) is 5.82 Å². The summed E-state index contributed by atoms with van der Waals surface area (Å²) in [5.74, 6) is 3.12. The molecule has 8 heteroatoms. The number of fused-ring (bicyclic) bond motifs is 3. The van der Waals surface area contributed by atoms with Gasteiger partial charge in [-0.1, -0.05) is 30.3 Å². The van der Waals surface area contributed by atoms with Crippen molar-refractivity contribution in [2.75, 3.05) is 12.8 Å². The average Bonchev–Trinajstić information content (AvgIpc) is 3.33. The number of para-hydroxylation sites is 1. The second-order valence-corrected chi connectivity index (χ2v) is 10.0. The lowest BCUT2D eigenvalue weighted by molar-refractivity contribution is 0.242. The average molecular weight is 547 g/mol. The Labute approximate surface area is 237 Å². The highest BCUT2D eigenvalue weighted by atomic mass is 16.5. The second kappa shape index (κ2) is 10.7. The number of ether oxygens (including phenoxy) is 3. The maximum absolute atomic E-state index is 14.1. The van der Waals surface area contributed by atoms with Crippen molar-refractivity contribution in [3.63, 3.8) is 0 Å². The molecule has 0 bridgehead atoms. The normalized spacial score (nSPS) is 11.3. The number of aromatic nitrogens is 3. The first kappa shape index (κ1) is 26.0. The van der Waals surface area contributed by atoms with Gasteiger partial charge in [-0.3, -0.25) is 4.79 Å². The Morgan fingerprint density at radius 1 is 0.829 bits per heavy atom. The molecule has 6 aromatic rings. The van der Waals surface area contributed by atoms with Crippen LogP contribution in [0.5, 0.6) is 23.0 Å². The zero-order chi connectivity index (χ0) is 28.5. The summed E-state index contributed by atoms with van der Waals surface area (Å²) in [6.07, 6.45) is -0.0124. The molecule has 0 radical (unpaired) electrons. The number of hydrogen-bond donors (Lipinski definition) is 1. The van der Waals surface area contributed by atoms with Gasteiger partial charge in [0.15, 0.2) is 0 Å². The number of nitrogen functional groups attached to an aromatic ring is 1. The van der Waals surface area contributed by atoms with Crippen LogP contribution in [-0.4, -0.2) is 27.6 Å². The van der Waals surface area contributed by atoms with Crippen LogP contribution in [0.1, 0.15) is 19.4 Å². The number of anilines is 1. The third-order valence-electron chi connectivity index (χ3n) is 6.83. The molecular weight excluding hydrogens is 516 g/mol. The lowest BCUT2D eigenvalue weighted by Crippen LogP contribution is -2.22. The molecule has 0 saturated heterocycles. The quantitative estimate of drug-likeness (QED) is 0.232. The number of hydrogen-bond acceptors (Lipinski definition) is 6. The van der Waals surface area contributed by atoms with Crippen LogP contribution >= 0.6 is 0 Å². The highest BCUT2D eigenvalue weighted by Crippen LogP contribution is 2.31. The Bertz CT molecular complexity index is 1890. The summed E-state index contributed by atoms with van der Waals surface area (Å²) in [4.78, 5) is 14.1. The van der Waals surface area contributed by atoms with Crippen LogP contribution < -0.4 is 25.5 Å². The summed E-state index contributed by atoms with van der Waals surface area (Å²) in [6, 6.07) is 30.4. The van der Waals surface area contributed by atoms with Gasteiger partial charge in [0.25, 0.3) is 5.56 Å². The molecule has 6 rings (SSSR count). The minimum atomic E-state index is -0.224. The first-order chi connectivity index (χ1) is 19.9. The van der Waals surface area contributed by atoms with Gasteiger partial charge >= 0.3 is 0 Å². The summed E-state index contributed by atoms with van der Waals surface area (Å²) in [5, 5.41) is 6.00. The minimum Gasteiger partial charge on any atom is -0.497 e. The maximum Gasteiger partial charge on any atom is 0.264 e. The SMILES string of the molecule is COc1ccc(Cn2c(=O)c3c(N)n(-c4ccc(Oc5ccccc5)cc4)nc3c3ccc(OC(C)C)cc32)cc1. The lowest BCUT2D eigenvalue weighted by atomic mass is 10.1. The van der Waals surface area contributed by atoms with Gasteiger partial charge in [0, 0.05) is 11.5 Å². The molecule has 0 amide bonds. The molecule has 206 valence electrons. The number of nitrogens with two attached hydrogens (primary N) is 1. The Morgan fingerprint density at radius 2 is 1.49 bits per heavy atom. The molecule has 0 atom stereocenters. The molecule has 4 aromatic carbocycles. The van der Waals surface area contributed by atoms with E-state index < -0.39 is 0 Å². The molecule has 2 aromatic heterocycles. The van der Waals surface area contributed by atoms with Crippen LogP contribution in [0, 0.1) is 0 Å². The van der Waals surface area contributed by atoms with Crippen LogP contribution in [-0.2, 0) is 6.54 Å². The van der Waals surface area contributed by atoms with Crippen LogP contribution in [0.2, 0.25) is 0 Å². The summed E-state index contributed by atoms with van der Waals surface area (Å²) >= 11 is 0. The van der Waals surface area contributed by atoms with Crippen molar-refractivity contribution in [2.45, 2.75) is 26.5 Å². The molecule has 0 spiro atoms. The Kier molecular flexibility index (Phi) is 6.81. The van der Waals surface area contributed by atoms with Crippen molar-refractivity contribution in [3.05, 3.63) is 113 Å². The summed E-state index contributed by atoms with van der Waals surface area (Å²) < 4.78 is 20.5. The van der Waals surface area contributed by atoms with Crippen LogP contribution in [0.15, 0.2) is 102 Å². The molecule has 0 aliphatic carbocycles. The smallest absolute Gasteiger partial charge is 0.264 e. The first-order valence-corrected chi connectivity index (χ1v) is 13.4. The third-order valence-corrected chi connectivity index (χ3v) is 6.83. The van der Waals surface area contributed by atoms with Gasteiger partial charge in [-0.25, -0.2) is 4.68 Å². The van der Waals surface area contributed by atoms with E-state index in [-0.39, 0.29) is 17.5 Å². The number of methoxy groups -OCH3 is 1. The molecule has 0 unspecified atom stereocenters. The standard InChI is InChI=1S/C33H30N4O4/c1-21(2)40-27-17-18-28-29(19-27)36(20-22-9-13-24(39-3)14-10-22)33(38)30-31(28)35-37(32(30)34)23-11-15-26(16-12-23)41-25-7-5-4-6-8-25/h4-19,21H,20,34H2,1-3H3. The van der Waals surface area contributed by atoms with Crippen LogP contribution in [0.25, 0.3) is 27.5 Å². The lowest BCUT2D eigenvalue weighted by Gasteiger charge is -2.15. The summed E-state index contributed by atoms with van der Waals surface area (Å²) in [7, 11) is 1.63. The third kappa shape index (κ3) is 5.07. The van der Waals surface area contributed by atoms with Gasteiger partial charge in [-0.2, -0.15) is 5.10 Å². The number of pyridine rings is 1. The van der Waals surface area contributed by atoms with Crippen molar-refractivity contribution in [1.29, 1.82) is 0 Å². The minimum absolute atomic E-state index is 0.0124. The Morgan fingerprint density at radius 3 is 2.17 bits per heavy atom. The monoisotopic (exact) mass is 546 g/mol. The Hall–Kier alpha value is -5.24. The first-order valence-electron chi connectivity index (χ1n) is 13.4. The van der Waals surface area contributed by atoms with Crippen molar-refractivity contribution in [1.82, 2.24) is 14.3 Å². The zero-order valence-electron chi connectivity index (χ0n) is 23.1. The van der Waals surface area contributed by atoms with Crippen molar-refractivity contribution >= 4 is 27.6 Å². The van der Waals surface area contributed by atoms with E-state index in [1.54, 1.807) is 16.4 Å². The van der Waals surface area contributed by atoms with E-state index >= 15 is 0 Å². The molecule has 0 aliphatic heterocycles. The highest BCUT2D eigenvalue weighted by molar-refractivity contribution is 6.07. The second-order valence-electron chi connectivity index (χ2n) is 10.0. The van der Waals surface area contributed by atoms with E-state index in [0.29, 0.717) is 40.2 Å². The molecule has 2 N–H and O–H groups in total. The van der Waals surface area contributed by atoms with E-state index in [1.807, 2.05) is 111 Å². The van der Waals surface area contributed by atoms with E-state index in [1.165, 1.54) is 0 Å². The molecular formula is C33H30N4O4. The molecule has 0 fully saturated rings. The number of nitrogens with zero attached hydrogens (tertiary/aromatic N) is 3. The predicted molar refractivity (Wildman–Crippen MR) is 162 cm³/mol. The highest BCUT2D eigenvalue weighted by Gasteiger charge is 2.20. The molecule has 0 aliphatic rings. The maximum atomic E-state index is 14.1. The van der Waals surface area contributed by atoms with Crippen molar-refractivity contribution in [2.24, 2.45) is 0 Å².